The average molecular weight is 273 g/mol. The Bertz CT molecular complexity index is 453. The van der Waals surface area contributed by atoms with E-state index in [0.29, 0.717) is 24.5 Å². The van der Waals surface area contributed by atoms with Crippen LogP contribution in [0.25, 0.3) is 0 Å². The van der Waals surface area contributed by atoms with Gasteiger partial charge in [0.1, 0.15) is 0 Å². The normalized spacial score (nSPS) is 30.4. The number of piperidine rings is 1. The van der Waals surface area contributed by atoms with Crippen molar-refractivity contribution in [2.45, 2.75) is 38.1 Å². The summed E-state index contributed by atoms with van der Waals surface area (Å²) in [5, 5.41) is 0. The van der Waals surface area contributed by atoms with Crippen molar-refractivity contribution < 1.29 is 9.53 Å². The average Bonchev–Trinajstić information content (AvgIpc) is 3.01. The summed E-state index contributed by atoms with van der Waals surface area (Å²) in [4.78, 5) is 14.6. The quantitative estimate of drug-likeness (QED) is 0.829. The summed E-state index contributed by atoms with van der Waals surface area (Å²) in [6.45, 7) is 4.42. The van der Waals surface area contributed by atoms with Crippen LogP contribution >= 0.6 is 0 Å². The Labute approximate surface area is 120 Å². The highest BCUT2D eigenvalue weighted by Crippen LogP contribution is 2.32. The van der Waals surface area contributed by atoms with Gasteiger partial charge in [-0.1, -0.05) is 30.3 Å². The van der Waals surface area contributed by atoms with Crippen molar-refractivity contribution >= 4 is 5.91 Å². The van der Waals surface area contributed by atoms with Gasteiger partial charge in [0.25, 0.3) is 0 Å². The standard InChI is InChI=1S/C17H23NO2/c1-13-11-15(14-5-3-2-4-6-14)7-9-18(13)17(19)16-8-10-20-12-16/h2-6,13,15-16H,7-12H2,1H3/t13-,15-,16-/m1/s1. The molecule has 20 heavy (non-hydrogen) atoms. The first-order chi connectivity index (χ1) is 9.75. The van der Waals surface area contributed by atoms with Gasteiger partial charge in [-0.2, -0.15) is 0 Å². The van der Waals surface area contributed by atoms with E-state index in [9.17, 15) is 4.79 Å². The Morgan fingerprint density at radius 1 is 1.25 bits per heavy atom. The molecule has 0 aromatic heterocycles. The van der Waals surface area contributed by atoms with Crippen LogP contribution in [-0.4, -0.2) is 36.6 Å². The fourth-order valence-corrected chi connectivity index (χ4v) is 3.49. The molecule has 3 heteroatoms. The van der Waals surface area contributed by atoms with Crippen molar-refractivity contribution in [2.75, 3.05) is 19.8 Å². The van der Waals surface area contributed by atoms with Crippen LogP contribution in [-0.2, 0) is 9.53 Å². The van der Waals surface area contributed by atoms with E-state index in [1.54, 1.807) is 0 Å². The predicted molar refractivity (Wildman–Crippen MR) is 78.5 cm³/mol. The molecule has 3 atom stereocenters. The summed E-state index contributed by atoms with van der Waals surface area (Å²) in [5.74, 6) is 1.00. The van der Waals surface area contributed by atoms with E-state index in [4.69, 9.17) is 4.74 Å². The molecule has 0 aliphatic carbocycles. The molecule has 2 heterocycles. The topological polar surface area (TPSA) is 29.5 Å². The van der Waals surface area contributed by atoms with E-state index < -0.39 is 0 Å². The maximum Gasteiger partial charge on any atom is 0.228 e. The first-order valence-electron chi connectivity index (χ1n) is 7.69. The maximum absolute atomic E-state index is 12.5. The zero-order valence-electron chi connectivity index (χ0n) is 12.1. The Morgan fingerprint density at radius 2 is 2.05 bits per heavy atom. The van der Waals surface area contributed by atoms with Crippen molar-refractivity contribution in [3.05, 3.63) is 35.9 Å². The summed E-state index contributed by atoms with van der Waals surface area (Å²) >= 11 is 0. The fourth-order valence-electron chi connectivity index (χ4n) is 3.49. The molecule has 2 saturated heterocycles. The van der Waals surface area contributed by atoms with E-state index in [1.807, 2.05) is 0 Å². The fraction of sp³-hybridized carbons (Fsp3) is 0.588. The molecular weight excluding hydrogens is 250 g/mol. The van der Waals surface area contributed by atoms with E-state index in [1.165, 1.54) is 5.56 Å². The summed E-state index contributed by atoms with van der Waals surface area (Å²) in [6, 6.07) is 11.0. The lowest BCUT2D eigenvalue weighted by Crippen LogP contribution is -2.46. The zero-order valence-corrected chi connectivity index (χ0v) is 12.1. The van der Waals surface area contributed by atoms with E-state index >= 15 is 0 Å². The SMILES string of the molecule is C[C@@H]1C[C@H](c2ccccc2)CCN1C(=O)[C@@H]1CCOC1. The summed E-state index contributed by atoms with van der Waals surface area (Å²) in [6.07, 6.45) is 3.04. The molecule has 3 rings (SSSR count). The van der Waals surface area contributed by atoms with Gasteiger partial charge in [0.2, 0.25) is 5.91 Å². The van der Waals surface area contributed by atoms with Gasteiger partial charge in [-0.3, -0.25) is 4.79 Å². The Morgan fingerprint density at radius 3 is 2.70 bits per heavy atom. The summed E-state index contributed by atoms with van der Waals surface area (Å²) in [7, 11) is 0. The van der Waals surface area contributed by atoms with Gasteiger partial charge in [0.15, 0.2) is 0 Å². The van der Waals surface area contributed by atoms with Crippen molar-refractivity contribution in [2.24, 2.45) is 5.92 Å². The van der Waals surface area contributed by atoms with Crippen LogP contribution in [0.15, 0.2) is 30.3 Å². The number of carbonyl (C=O) groups excluding carboxylic acids is 1. The number of hydrogen-bond acceptors (Lipinski definition) is 2. The molecule has 0 spiro atoms. The molecule has 0 radical (unpaired) electrons. The van der Waals surface area contributed by atoms with Gasteiger partial charge >= 0.3 is 0 Å². The minimum atomic E-state index is 0.103. The molecule has 3 nitrogen and oxygen atoms in total. The second kappa shape index (κ2) is 5.96. The Kier molecular flexibility index (Phi) is 4.06. The number of rotatable bonds is 2. The second-order valence-corrected chi connectivity index (χ2v) is 6.07. The Hall–Kier alpha value is -1.35. The molecule has 1 aromatic rings. The van der Waals surface area contributed by atoms with Crippen LogP contribution in [0.1, 0.15) is 37.7 Å². The molecule has 0 unspecified atom stereocenters. The highest BCUT2D eigenvalue weighted by Gasteiger charge is 2.34. The lowest BCUT2D eigenvalue weighted by Gasteiger charge is -2.39. The highest BCUT2D eigenvalue weighted by atomic mass is 16.5. The number of benzene rings is 1. The van der Waals surface area contributed by atoms with E-state index in [0.717, 1.165) is 32.4 Å². The number of carbonyl (C=O) groups is 1. The van der Waals surface area contributed by atoms with Gasteiger partial charge in [-0.15, -0.1) is 0 Å². The highest BCUT2D eigenvalue weighted by molar-refractivity contribution is 5.79. The first-order valence-corrected chi connectivity index (χ1v) is 7.69. The van der Waals surface area contributed by atoms with Gasteiger partial charge in [0, 0.05) is 19.2 Å². The molecule has 2 fully saturated rings. The molecule has 2 aliphatic heterocycles. The maximum atomic E-state index is 12.5. The van der Waals surface area contributed by atoms with E-state index in [-0.39, 0.29) is 5.92 Å². The zero-order chi connectivity index (χ0) is 13.9. The van der Waals surface area contributed by atoms with Crippen LogP contribution in [0.3, 0.4) is 0 Å². The van der Waals surface area contributed by atoms with Crippen LogP contribution < -0.4 is 0 Å². The summed E-state index contributed by atoms with van der Waals surface area (Å²) < 4.78 is 5.35. The van der Waals surface area contributed by atoms with Crippen LogP contribution in [0.2, 0.25) is 0 Å². The van der Waals surface area contributed by atoms with Gasteiger partial charge < -0.3 is 9.64 Å². The van der Waals surface area contributed by atoms with Crippen LogP contribution in [0.5, 0.6) is 0 Å². The number of nitrogens with zero attached hydrogens (tertiary/aromatic N) is 1. The van der Waals surface area contributed by atoms with Gasteiger partial charge in [-0.25, -0.2) is 0 Å². The third-order valence-electron chi connectivity index (χ3n) is 4.71. The number of amides is 1. The molecule has 0 bridgehead atoms. The molecule has 1 aromatic carbocycles. The molecule has 0 saturated carbocycles. The van der Waals surface area contributed by atoms with Crippen LogP contribution in [0.4, 0.5) is 0 Å². The third-order valence-corrected chi connectivity index (χ3v) is 4.71. The molecular formula is C17H23NO2. The lowest BCUT2D eigenvalue weighted by molar-refractivity contribution is -0.139. The largest absolute Gasteiger partial charge is 0.381 e. The molecule has 2 aliphatic rings. The molecule has 108 valence electrons. The monoisotopic (exact) mass is 273 g/mol. The first kappa shape index (κ1) is 13.6. The van der Waals surface area contributed by atoms with Crippen molar-refractivity contribution in [3.8, 4) is 0 Å². The molecule has 1 amide bonds. The molecule has 0 N–H and O–H groups in total. The number of likely N-dealkylation sites (tertiary alicyclic amines) is 1. The number of ether oxygens (including phenoxy) is 1. The minimum absolute atomic E-state index is 0.103. The lowest BCUT2D eigenvalue weighted by atomic mass is 9.85. The van der Waals surface area contributed by atoms with Gasteiger partial charge in [-0.05, 0) is 37.7 Å². The van der Waals surface area contributed by atoms with Gasteiger partial charge in [0.05, 0.1) is 12.5 Å². The van der Waals surface area contributed by atoms with E-state index in [2.05, 4.69) is 42.2 Å². The Balaban J connectivity index is 1.63. The summed E-state index contributed by atoms with van der Waals surface area (Å²) in [5.41, 5.74) is 1.41. The van der Waals surface area contributed by atoms with Crippen molar-refractivity contribution in [1.82, 2.24) is 4.90 Å². The third kappa shape index (κ3) is 2.73. The van der Waals surface area contributed by atoms with Crippen molar-refractivity contribution in [3.63, 3.8) is 0 Å². The minimum Gasteiger partial charge on any atom is -0.381 e. The second-order valence-electron chi connectivity index (χ2n) is 6.07. The van der Waals surface area contributed by atoms with Crippen molar-refractivity contribution in [1.29, 1.82) is 0 Å². The smallest absolute Gasteiger partial charge is 0.228 e. The predicted octanol–water partition coefficient (Wildman–Crippen LogP) is 2.82. The number of hydrogen-bond donors (Lipinski definition) is 0. The van der Waals surface area contributed by atoms with Crippen LogP contribution in [0, 0.1) is 5.92 Å².